The molecule has 0 spiro atoms. The molecule has 1 atom stereocenters. The zero-order chi connectivity index (χ0) is 17.4. The van der Waals surface area contributed by atoms with Gasteiger partial charge in [-0.25, -0.2) is 0 Å². The van der Waals surface area contributed by atoms with Gasteiger partial charge in [0, 0.05) is 66.0 Å². The Morgan fingerprint density at radius 2 is 1.96 bits per heavy atom. The minimum atomic E-state index is 0. The van der Waals surface area contributed by atoms with Crippen molar-refractivity contribution in [2.75, 3.05) is 73.1 Å². The smallest absolute Gasteiger partial charge is 0.193 e. The zero-order valence-corrected chi connectivity index (χ0v) is 18.9. The van der Waals surface area contributed by atoms with Crippen molar-refractivity contribution in [2.24, 2.45) is 10.9 Å². The van der Waals surface area contributed by atoms with E-state index >= 15 is 0 Å². The van der Waals surface area contributed by atoms with Crippen molar-refractivity contribution in [3.63, 3.8) is 0 Å². The highest BCUT2D eigenvalue weighted by Crippen LogP contribution is 2.28. The average Bonchev–Trinajstić information content (AvgIpc) is 3.43. The number of guanidine groups is 1. The lowest BCUT2D eigenvalue weighted by molar-refractivity contribution is 0.106. The molecule has 7 heteroatoms. The van der Waals surface area contributed by atoms with E-state index in [1.165, 1.54) is 45.6 Å². The van der Waals surface area contributed by atoms with Crippen LogP contribution in [0.15, 0.2) is 4.99 Å². The second kappa shape index (κ2) is 12.3. The van der Waals surface area contributed by atoms with Crippen molar-refractivity contribution in [1.29, 1.82) is 0 Å². The summed E-state index contributed by atoms with van der Waals surface area (Å²) in [4.78, 5) is 11.7. The summed E-state index contributed by atoms with van der Waals surface area (Å²) in [5.41, 5.74) is 0. The van der Waals surface area contributed by atoms with E-state index < -0.39 is 0 Å². The fraction of sp³-hybridized carbons (Fsp3) is 0.944. The van der Waals surface area contributed by atoms with Gasteiger partial charge >= 0.3 is 0 Å². The van der Waals surface area contributed by atoms with Crippen LogP contribution in [-0.2, 0) is 4.74 Å². The summed E-state index contributed by atoms with van der Waals surface area (Å²) >= 11 is 0. The number of hydrogen-bond acceptors (Lipinski definition) is 4. The molecule has 0 aromatic rings. The average molecular weight is 467 g/mol. The van der Waals surface area contributed by atoms with Gasteiger partial charge in [-0.15, -0.1) is 24.0 Å². The molecule has 1 unspecified atom stereocenters. The third-order valence-electron chi connectivity index (χ3n) is 5.23. The Morgan fingerprint density at radius 3 is 2.52 bits per heavy atom. The topological polar surface area (TPSA) is 43.3 Å². The lowest BCUT2D eigenvalue weighted by Crippen LogP contribution is -2.53. The molecule has 0 aromatic carbocycles. The first-order chi connectivity index (χ1) is 11.6. The quantitative estimate of drug-likeness (QED) is 0.241. The SMILES string of the molecule is CCN1CCN(C(C)CNC(=NC)N(C)CCOCC2CC2)CC1.I. The van der Waals surface area contributed by atoms with Gasteiger partial charge in [0.1, 0.15) is 0 Å². The molecule has 1 heterocycles. The van der Waals surface area contributed by atoms with Crippen LogP contribution in [0, 0.1) is 5.92 Å². The van der Waals surface area contributed by atoms with Gasteiger partial charge in [-0.05, 0) is 32.2 Å². The summed E-state index contributed by atoms with van der Waals surface area (Å²) in [7, 11) is 3.94. The molecule has 1 aliphatic heterocycles. The molecule has 0 bridgehead atoms. The first-order valence-corrected chi connectivity index (χ1v) is 9.60. The number of nitrogens with one attached hydrogen (secondary N) is 1. The molecule has 2 rings (SSSR count). The fourth-order valence-corrected chi connectivity index (χ4v) is 3.12. The number of nitrogens with zero attached hydrogens (tertiary/aromatic N) is 4. The number of ether oxygens (including phenoxy) is 1. The van der Waals surface area contributed by atoms with Crippen LogP contribution < -0.4 is 5.32 Å². The molecule has 0 amide bonds. The van der Waals surface area contributed by atoms with Gasteiger partial charge in [-0.1, -0.05) is 6.92 Å². The van der Waals surface area contributed by atoms with Gasteiger partial charge < -0.3 is 19.9 Å². The normalized spacial score (nSPS) is 20.9. The number of piperazine rings is 1. The molecule has 25 heavy (non-hydrogen) atoms. The summed E-state index contributed by atoms with van der Waals surface area (Å²) in [5, 5.41) is 3.52. The van der Waals surface area contributed by atoms with E-state index in [4.69, 9.17) is 4.74 Å². The van der Waals surface area contributed by atoms with E-state index in [1.54, 1.807) is 0 Å². The van der Waals surface area contributed by atoms with Crippen molar-refractivity contribution in [3.8, 4) is 0 Å². The second-order valence-electron chi connectivity index (χ2n) is 7.19. The predicted molar refractivity (Wildman–Crippen MR) is 116 cm³/mol. The molecule has 0 radical (unpaired) electrons. The highest BCUT2D eigenvalue weighted by molar-refractivity contribution is 14.0. The van der Waals surface area contributed by atoms with Crippen LogP contribution in [0.4, 0.5) is 0 Å². The van der Waals surface area contributed by atoms with Crippen molar-refractivity contribution >= 4 is 29.9 Å². The number of hydrogen-bond donors (Lipinski definition) is 1. The van der Waals surface area contributed by atoms with Crippen LogP contribution in [0.5, 0.6) is 0 Å². The second-order valence-corrected chi connectivity index (χ2v) is 7.19. The summed E-state index contributed by atoms with van der Waals surface area (Å²) in [6.07, 6.45) is 2.70. The molecule has 0 aromatic heterocycles. The first-order valence-electron chi connectivity index (χ1n) is 9.60. The Morgan fingerprint density at radius 1 is 1.28 bits per heavy atom. The van der Waals surface area contributed by atoms with Crippen LogP contribution in [0.2, 0.25) is 0 Å². The molecular weight excluding hydrogens is 429 g/mol. The molecule has 2 aliphatic rings. The van der Waals surface area contributed by atoms with E-state index in [9.17, 15) is 0 Å². The van der Waals surface area contributed by atoms with Crippen molar-refractivity contribution in [3.05, 3.63) is 0 Å². The molecule has 2 fully saturated rings. The van der Waals surface area contributed by atoms with E-state index in [1.807, 2.05) is 7.05 Å². The van der Waals surface area contributed by atoms with Crippen LogP contribution in [0.1, 0.15) is 26.7 Å². The standard InChI is InChI=1S/C18H37N5O.HI/c1-5-22-8-10-23(11-9-22)16(2)14-20-18(19-3)21(4)12-13-24-15-17-6-7-17;/h16-17H,5-15H2,1-4H3,(H,19,20);1H. The maximum atomic E-state index is 5.73. The van der Waals surface area contributed by atoms with Gasteiger partial charge in [-0.2, -0.15) is 0 Å². The lowest BCUT2D eigenvalue weighted by atomic mass is 10.2. The minimum Gasteiger partial charge on any atom is -0.379 e. The molecular formula is C18H38IN5O. The number of aliphatic imine (C=N–C) groups is 1. The number of rotatable bonds is 9. The van der Waals surface area contributed by atoms with E-state index in [0.717, 1.165) is 38.2 Å². The first kappa shape index (κ1) is 22.9. The van der Waals surface area contributed by atoms with Crippen LogP contribution >= 0.6 is 24.0 Å². The van der Waals surface area contributed by atoms with Gasteiger partial charge in [0.2, 0.25) is 0 Å². The maximum absolute atomic E-state index is 5.73. The minimum absolute atomic E-state index is 0. The van der Waals surface area contributed by atoms with E-state index in [0.29, 0.717) is 6.04 Å². The number of halogens is 1. The van der Waals surface area contributed by atoms with Crippen molar-refractivity contribution in [1.82, 2.24) is 20.0 Å². The van der Waals surface area contributed by atoms with Gasteiger partial charge in [0.05, 0.1) is 6.61 Å². The summed E-state index contributed by atoms with van der Waals surface area (Å²) in [5.74, 6) is 1.80. The summed E-state index contributed by atoms with van der Waals surface area (Å²) in [6, 6.07) is 0.528. The van der Waals surface area contributed by atoms with E-state index in [2.05, 4.69) is 45.9 Å². The van der Waals surface area contributed by atoms with Gasteiger partial charge in [0.15, 0.2) is 5.96 Å². The van der Waals surface area contributed by atoms with Crippen LogP contribution in [0.3, 0.4) is 0 Å². The summed E-state index contributed by atoms with van der Waals surface area (Å²) in [6.45, 7) is 14.0. The predicted octanol–water partition coefficient (Wildman–Crippen LogP) is 1.56. The zero-order valence-electron chi connectivity index (χ0n) is 16.5. The Hall–Kier alpha value is -0.120. The third-order valence-corrected chi connectivity index (χ3v) is 5.23. The third kappa shape index (κ3) is 8.41. The van der Waals surface area contributed by atoms with Gasteiger partial charge in [-0.3, -0.25) is 9.89 Å². The van der Waals surface area contributed by atoms with Crippen molar-refractivity contribution < 1.29 is 4.74 Å². The highest BCUT2D eigenvalue weighted by Gasteiger charge is 2.22. The molecule has 148 valence electrons. The van der Waals surface area contributed by atoms with Crippen molar-refractivity contribution in [2.45, 2.75) is 32.7 Å². The van der Waals surface area contributed by atoms with Gasteiger partial charge in [0.25, 0.3) is 0 Å². The molecule has 1 N–H and O–H groups in total. The Kier molecular flexibility index (Phi) is 11.3. The monoisotopic (exact) mass is 467 g/mol. The van der Waals surface area contributed by atoms with Crippen LogP contribution in [0.25, 0.3) is 0 Å². The van der Waals surface area contributed by atoms with E-state index in [-0.39, 0.29) is 24.0 Å². The van der Waals surface area contributed by atoms with Crippen LogP contribution in [-0.4, -0.2) is 99.8 Å². The molecule has 1 saturated heterocycles. The molecule has 1 saturated carbocycles. The number of likely N-dealkylation sites (N-methyl/N-ethyl adjacent to an activating group) is 2. The highest BCUT2D eigenvalue weighted by atomic mass is 127. The fourth-order valence-electron chi connectivity index (χ4n) is 3.12. The summed E-state index contributed by atoms with van der Waals surface area (Å²) < 4.78 is 5.73. The maximum Gasteiger partial charge on any atom is 0.193 e. The lowest BCUT2D eigenvalue weighted by Gasteiger charge is -2.38. The molecule has 6 nitrogen and oxygen atoms in total. The Labute approximate surface area is 171 Å². The Balaban J connectivity index is 0.00000312. The molecule has 1 aliphatic carbocycles. The largest absolute Gasteiger partial charge is 0.379 e. The Bertz CT molecular complexity index is 384.